The highest BCUT2D eigenvalue weighted by atomic mass is 16.5. The van der Waals surface area contributed by atoms with Gasteiger partial charge in [0.2, 0.25) is 0 Å². The molecule has 132 valence electrons. The molecule has 0 unspecified atom stereocenters. The third-order valence-corrected chi connectivity index (χ3v) is 4.67. The first-order valence-corrected chi connectivity index (χ1v) is 8.85. The second kappa shape index (κ2) is 8.17. The fraction of sp³-hybridized carbons (Fsp3) is 0.381. The fourth-order valence-corrected chi connectivity index (χ4v) is 3.11. The summed E-state index contributed by atoms with van der Waals surface area (Å²) in [6, 6.07) is 18.0. The normalized spacial score (nSPS) is 15.2. The Labute approximate surface area is 150 Å². The molecule has 4 heteroatoms. The van der Waals surface area contributed by atoms with Crippen molar-refractivity contribution in [2.24, 2.45) is 0 Å². The molecule has 0 radical (unpaired) electrons. The molecule has 1 heterocycles. The smallest absolute Gasteiger partial charge is 0.253 e. The zero-order chi connectivity index (χ0) is 17.6. The lowest BCUT2D eigenvalue weighted by Gasteiger charge is -2.32. The number of rotatable bonds is 5. The van der Waals surface area contributed by atoms with Crippen LogP contribution in [0.2, 0.25) is 0 Å². The van der Waals surface area contributed by atoms with Crippen molar-refractivity contribution in [3.8, 4) is 0 Å². The molecule has 4 nitrogen and oxygen atoms in total. The molecule has 0 aromatic heterocycles. The minimum Gasteiger partial charge on any atom is -0.378 e. The van der Waals surface area contributed by atoms with E-state index in [0.717, 1.165) is 37.2 Å². The Balaban J connectivity index is 1.51. The number of likely N-dealkylation sites (tertiary alicyclic amines) is 1. The SMILES string of the molecule is CN(C)c1cccc(C(=O)N2CCC(OCc3ccccc3)CC2)c1. The van der Waals surface area contributed by atoms with Gasteiger partial charge in [0.05, 0.1) is 12.7 Å². The Morgan fingerprint density at radius 2 is 1.80 bits per heavy atom. The second-order valence-corrected chi connectivity index (χ2v) is 6.73. The molecule has 1 amide bonds. The number of carbonyl (C=O) groups excluding carboxylic acids is 1. The third kappa shape index (κ3) is 4.60. The third-order valence-electron chi connectivity index (χ3n) is 4.67. The summed E-state index contributed by atoms with van der Waals surface area (Å²) < 4.78 is 6.01. The average molecular weight is 338 g/mol. The molecule has 1 saturated heterocycles. The van der Waals surface area contributed by atoms with Crippen LogP contribution < -0.4 is 4.90 Å². The van der Waals surface area contributed by atoms with Gasteiger partial charge in [-0.25, -0.2) is 0 Å². The number of ether oxygens (including phenoxy) is 1. The number of nitrogens with zero attached hydrogens (tertiary/aromatic N) is 2. The number of anilines is 1. The van der Waals surface area contributed by atoms with E-state index in [1.807, 2.05) is 66.4 Å². The van der Waals surface area contributed by atoms with Crippen molar-refractivity contribution < 1.29 is 9.53 Å². The predicted octanol–water partition coefficient (Wildman–Crippen LogP) is 3.57. The van der Waals surface area contributed by atoms with Crippen LogP contribution in [0.1, 0.15) is 28.8 Å². The van der Waals surface area contributed by atoms with E-state index >= 15 is 0 Å². The van der Waals surface area contributed by atoms with Gasteiger partial charge in [-0.3, -0.25) is 4.79 Å². The maximum atomic E-state index is 12.7. The Hall–Kier alpha value is -2.33. The maximum absolute atomic E-state index is 12.7. The van der Waals surface area contributed by atoms with Gasteiger partial charge in [0.25, 0.3) is 5.91 Å². The Kier molecular flexibility index (Phi) is 5.71. The summed E-state index contributed by atoms with van der Waals surface area (Å²) in [5.41, 5.74) is 3.00. The van der Waals surface area contributed by atoms with E-state index in [-0.39, 0.29) is 12.0 Å². The monoisotopic (exact) mass is 338 g/mol. The van der Waals surface area contributed by atoms with Crippen molar-refractivity contribution in [3.05, 3.63) is 65.7 Å². The quantitative estimate of drug-likeness (QED) is 0.835. The summed E-state index contributed by atoms with van der Waals surface area (Å²) in [5.74, 6) is 0.116. The van der Waals surface area contributed by atoms with E-state index < -0.39 is 0 Å². The first-order valence-electron chi connectivity index (χ1n) is 8.85. The van der Waals surface area contributed by atoms with Gasteiger partial charge in [-0.2, -0.15) is 0 Å². The van der Waals surface area contributed by atoms with Crippen molar-refractivity contribution in [1.29, 1.82) is 0 Å². The number of hydrogen-bond donors (Lipinski definition) is 0. The zero-order valence-electron chi connectivity index (χ0n) is 15.0. The second-order valence-electron chi connectivity index (χ2n) is 6.73. The first-order chi connectivity index (χ1) is 12.1. The van der Waals surface area contributed by atoms with Crippen LogP contribution in [0.4, 0.5) is 5.69 Å². The standard InChI is InChI=1S/C21H26N2O2/c1-22(2)19-10-6-9-18(15-19)21(24)23-13-11-20(12-14-23)25-16-17-7-4-3-5-8-17/h3-10,15,20H,11-14,16H2,1-2H3. The van der Waals surface area contributed by atoms with Gasteiger partial charge in [0.15, 0.2) is 0 Å². The van der Waals surface area contributed by atoms with Crippen molar-refractivity contribution in [2.45, 2.75) is 25.6 Å². The Morgan fingerprint density at radius 3 is 2.48 bits per heavy atom. The van der Waals surface area contributed by atoms with E-state index in [2.05, 4.69) is 12.1 Å². The lowest BCUT2D eigenvalue weighted by atomic mass is 10.1. The highest BCUT2D eigenvalue weighted by Gasteiger charge is 2.24. The van der Waals surface area contributed by atoms with E-state index in [1.165, 1.54) is 5.56 Å². The lowest BCUT2D eigenvalue weighted by molar-refractivity contribution is -0.000378. The average Bonchev–Trinajstić information content (AvgIpc) is 2.67. The minimum absolute atomic E-state index is 0.116. The van der Waals surface area contributed by atoms with Crippen molar-refractivity contribution in [3.63, 3.8) is 0 Å². The van der Waals surface area contributed by atoms with E-state index in [9.17, 15) is 4.79 Å². The van der Waals surface area contributed by atoms with Crippen LogP contribution in [0, 0.1) is 0 Å². The number of hydrogen-bond acceptors (Lipinski definition) is 3. The molecule has 0 spiro atoms. The predicted molar refractivity (Wildman–Crippen MR) is 101 cm³/mol. The Morgan fingerprint density at radius 1 is 1.08 bits per heavy atom. The van der Waals surface area contributed by atoms with Crippen LogP contribution in [0.25, 0.3) is 0 Å². The van der Waals surface area contributed by atoms with Crippen molar-refractivity contribution >= 4 is 11.6 Å². The first kappa shape index (κ1) is 17.5. The fourth-order valence-electron chi connectivity index (χ4n) is 3.11. The van der Waals surface area contributed by atoms with Gasteiger partial charge in [-0.05, 0) is 36.6 Å². The molecule has 0 bridgehead atoms. The molecule has 1 aliphatic rings. The highest BCUT2D eigenvalue weighted by molar-refractivity contribution is 5.95. The molecule has 0 atom stereocenters. The molecule has 0 saturated carbocycles. The summed E-state index contributed by atoms with van der Waals surface area (Å²) >= 11 is 0. The molecule has 1 aliphatic heterocycles. The van der Waals surface area contributed by atoms with E-state index in [0.29, 0.717) is 6.61 Å². The van der Waals surface area contributed by atoms with Gasteiger partial charge < -0.3 is 14.5 Å². The summed E-state index contributed by atoms with van der Waals surface area (Å²) in [4.78, 5) is 16.7. The summed E-state index contributed by atoms with van der Waals surface area (Å²) in [6.07, 6.45) is 2.02. The molecule has 1 fully saturated rings. The molecule has 2 aromatic carbocycles. The van der Waals surface area contributed by atoms with Crippen molar-refractivity contribution in [1.82, 2.24) is 4.90 Å². The number of benzene rings is 2. The zero-order valence-corrected chi connectivity index (χ0v) is 15.0. The largest absolute Gasteiger partial charge is 0.378 e. The minimum atomic E-state index is 0.116. The van der Waals surface area contributed by atoms with Crippen LogP contribution in [0.15, 0.2) is 54.6 Å². The topological polar surface area (TPSA) is 32.8 Å². The molecule has 0 N–H and O–H groups in total. The van der Waals surface area contributed by atoms with Crippen molar-refractivity contribution in [2.75, 3.05) is 32.1 Å². The van der Waals surface area contributed by atoms with Crippen LogP contribution in [-0.2, 0) is 11.3 Å². The van der Waals surface area contributed by atoms with E-state index in [4.69, 9.17) is 4.74 Å². The summed E-state index contributed by atoms with van der Waals surface area (Å²) in [7, 11) is 3.97. The molecule has 3 rings (SSSR count). The van der Waals surface area contributed by atoms with Gasteiger partial charge >= 0.3 is 0 Å². The van der Waals surface area contributed by atoms with Gasteiger partial charge in [0.1, 0.15) is 0 Å². The highest BCUT2D eigenvalue weighted by Crippen LogP contribution is 2.20. The molecular weight excluding hydrogens is 312 g/mol. The van der Waals surface area contributed by atoms with Crippen LogP contribution in [-0.4, -0.2) is 44.1 Å². The summed E-state index contributed by atoms with van der Waals surface area (Å²) in [5, 5.41) is 0. The van der Waals surface area contributed by atoms with Gasteiger partial charge in [-0.1, -0.05) is 36.4 Å². The summed E-state index contributed by atoms with van der Waals surface area (Å²) in [6.45, 7) is 2.15. The van der Waals surface area contributed by atoms with Crippen LogP contribution in [0.3, 0.4) is 0 Å². The van der Waals surface area contributed by atoms with E-state index in [1.54, 1.807) is 0 Å². The maximum Gasteiger partial charge on any atom is 0.253 e. The van der Waals surface area contributed by atoms with Gasteiger partial charge in [-0.15, -0.1) is 0 Å². The lowest BCUT2D eigenvalue weighted by Crippen LogP contribution is -2.40. The number of carbonyl (C=O) groups is 1. The van der Waals surface area contributed by atoms with Gasteiger partial charge in [0, 0.05) is 38.4 Å². The number of piperidine rings is 1. The molecule has 2 aromatic rings. The Bertz CT molecular complexity index is 692. The number of amides is 1. The molecule has 0 aliphatic carbocycles. The van der Waals surface area contributed by atoms with Crippen LogP contribution >= 0.6 is 0 Å². The molecule has 25 heavy (non-hydrogen) atoms. The molecular formula is C21H26N2O2. The van der Waals surface area contributed by atoms with Crippen LogP contribution in [0.5, 0.6) is 0 Å².